The zero-order chi connectivity index (χ0) is 8.97. The lowest BCUT2D eigenvalue weighted by molar-refractivity contribution is 0.953. The van der Waals surface area contributed by atoms with Gasteiger partial charge in [-0.1, -0.05) is 23.2 Å². The van der Waals surface area contributed by atoms with Crippen LogP contribution in [-0.2, 0) is 6.42 Å². The Kier molecular flexibility index (Phi) is 3.33. The van der Waals surface area contributed by atoms with Gasteiger partial charge in [-0.05, 0) is 18.1 Å². The first-order valence-electron chi connectivity index (χ1n) is 3.35. The zero-order valence-corrected chi connectivity index (χ0v) is 7.73. The van der Waals surface area contributed by atoms with E-state index in [9.17, 15) is 0 Å². The number of nitrogens with zero attached hydrogens (tertiary/aromatic N) is 2. The standard InChI is InChI=1S/C8H6Cl2N2/c1-2-3-4-6-5-7(9)11-12-8(6)10/h1,5H,3-4H2. The van der Waals surface area contributed by atoms with Crippen molar-refractivity contribution in [3.63, 3.8) is 0 Å². The predicted molar refractivity (Wildman–Crippen MR) is 49.2 cm³/mol. The first-order chi connectivity index (χ1) is 5.74. The summed E-state index contributed by atoms with van der Waals surface area (Å²) in [6, 6.07) is 1.67. The van der Waals surface area contributed by atoms with E-state index in [1.165, 1.54) is 0 Å². The van der Waals surface area contributed by atoms with Gasteiger partial charge >= 0.3 is 0 Å². The van der Waals surface area contributed by atoms with E-state index in [1.807, 2.05) is 0 Å². The molecule has 0 aliphatic heterocycles. The average molecular weight is 201 g/mol. The predicted octanol–water partition coefficient (Wildman–Crippen LogP) is 2.35. The third-order valence-corrected chi connectivity index (χ3v) is 1.83. The van der Waals surface area contributed by atoms with E-state index in [4.69, 9.17) is 29.6 Å². The van der Waals surface area contributed by atoms with Crippen LogP contribution in [0.3, 0.4) is 0 Å². The molecule has 1 heterocycles. The maximum absolute atomic E-state index is 5.73. The van der Waals surface area contributed by atoms with Crippen LogP contribution >= 0.6 is 23.2 Å². The second-order valence-corrected chi connectivity index (χ2v) is 2.93. The Balaban J connectivity index is 2.84. The largest absolute Gasteiger partial charge is 0.155 e. The normalized spacial score (nSPS) is 9.42. The van der Waals surface area contributed by atoms with Gasteiger partial charge in [0.25, 0.3) is 0 Å². The maximum atomic E-state index is 5.73. The van der Waals surface area contributed by atoms with Gasteiger partial charge in [-0.3, -0.25) is 0 Å². The second kappa shape index (κ2) is 4.30. The van der Waals surface area contributed by atoms with Crippen molar-refractivity contribution in [1.82, 2.24) is 10.2 Å². The molecule has 0 atom stereocenters. The Morgan fingerprint density at radius 2 is 2.17 bits per heavy atom. The first kappa shape index (κ1) is 9.31. The minimum atomic E-state index is 0.339. The van der Waals surface area contributed by atoms with Crippen LogP contribution in [0.4, 0.5) is 0 Å². The molecule has 1 aromatic rings. The summed E-state index contributed by atoms with van der Waals surface area (Å²) in [6.45, 7) is 0. The highest BCUT2D eigenvalue weighted by Crippen LogP contribution is 2.16. The van der Waals surface area contributed by atoms with Gasteiger partial charge < -0.3 is 0 Å². The summed E-state index contributed by atoms with van der Waals surface area (Å²) in [7, 11) is 0. The Bertz CT molecular complexity index is 317. The molecule has 62 valence electrons. The van der Waals surface area contributed by atoms with Crippen molar-refractivity contribution in [3.05, 3.63) is 21.9 Å². The van der Waals surface area contributed by atoms with Gasteiger partial charge in [0.1, 0.15) is 0 Å². The number of rotatable bonds is 2. The smallest absolute Gasteiger partial charge is 0.137 e. The van der Waals surface area contributed by atoms with E-state index in [0.717, 1.165) is 5.56 Å². The molecule has 0 N–H and O–H groups in total. The van der Waals surface area contributed by atoms with Crippen LogP contribution in [0.1, 0.15) is 12.0 Å². The van der Waals surface area contributed by atoms with E-state index in [-0.39, 0.29) is 0 Å². The molecule has 2 nitrogen and oxygen atoms in total. The van der Waals surface area contributed by atoms with Crippen LogP contribution in [0.5, 0.6) is 0 Å². The monoisotopic (exact) mass is 200 g/mol. The van der Waals surface area contributed by atoms with E-state index in [2.05, 4.69) is 16.1 Å². The summed E-state index contributed by atoms with van der Waals surface area (Å²) in [5.74, 6) is 2.51. The van der Waals surface area contributed by atoms with Gasteiger partial charge in [0, 0.05) is 6.42 Å². The molecule has 0 bridgehead atoms. The molecule has 12 heavy (non-hydrogen) atoms. The van der Waals surface area contributed by atoms with Crippen molar-refractivity contribution in [2.45, 2.75) is 12.8 Å². The van der Waals surface area contributed by atoms with Crippen molar-refractivity contribution in [2.24, 2.45) is 0 Å². The lowest BCUT2D eigenvalue weighted by atomic mass is 10.2. The number of terminal acetylenes is 1. The third-order valence-electron chi connectivity index (χ3n) is 1.33. The number of hydrogen-bond donors (Lipinski definition) is 0. The van der Waals surface area contributed by atoms with Gasteiger partial charge in [-0.2, -0.15) is 0 Å². The molecule has 0 unspecified atom stereocenters. The van der Waals surface area contributed by atoms with Crippen molar-refractivity contribution >= 4 is 23.2 Å². The fraction of sp³-hybridized carbons (Fsp3) is 0.250. The van der Waals surface area contributed by atoms with E-state index in [1.54, 1.807) is 6.07 Å². The van der Waals surface area contributed by atoms with E-state index < -0.39 is 0 Å². The fourth-order valence-electron chi connectivity index (χ4n) is 0.770. The summed E-state index contributed by atoms with van der Waals surface area (Å²) < 4.78 is 0. The van der Waals surface area contributed by atoms with E-state index in [0.29, 0.717) is 23.1 Å². The second-order valence-electron chi connectivity index (χ2n) is 2.19. The van der Waals surface area contributed by atoms with Gasteiger partial charge in [-0.15, -0.1) is 22.5 Å². The first-order valence-corrected chi connectivity index (χ1v) is 4.10. The molecule has 0 saturated heterocycles. The van der Waals surface area contributed by atoms with Crippen LogP contribution in [0, 0.1) is 12.3 Å². The SMILES string of the molecule is C#CCCc1cc(Cl)nnc1Cl. The number of aromatic nitrogens is 2. The fourth-order valence-corrected chi connectivity index (χ4v) is 1.13. The Morgan fingerprint density at radius 3 is 2.83 bits per heavy atom. The molecule has 0 aromatic carbocycles. The van der Waals surface area contributed by atoms with Gasteiger partial charge in [0.15, 0.2) is 10.3 Å². The summed E-state index contributed by atoms with van der Waals surface area (Å²) in [4.78, 5) is 0. The lowest BCUT2D eigenvalue weighted by Gasteiger charge is -1.98. The topological polar surface area (TPSA) is 25.8 Å². The van der Waals surface area contributed by atoms with Crippen molar-refractivity contribution in [2.75, 3.05) is 0 Å². The molecule has 0 saturated carbocycles. The minimum Gasteiger partial charge on any atom is -0.137 e. The molecule has 0 amide bonds. The molecule has 0 spiro atoms. The summed E-state index contributed by atoms with van der Waals surface area (Å²) >= 11 is 11.3. The number of halogens is 2. The van der Waals surface area contributed by atoms with Crippen LogP contribution in [-0.4, -0.2) is 10.2 Å². The van der Waals surface area contributed by atoms with Crippen LogP contribution in [0.25, 0.3) is 0 Å². The summed E-state index contributed by atoms with van der Waals surface area (Å²) in [5, 5.41) is 7.94. The quantitative estimate of drug-likeness (QED) is 0.686. The molecule has 0 fully saturated rings. The zero-order valence-electron chi connectivity index (χ0n) is 6.22. The molecule has 1 rings (SSSR count). The number of aryl methyl sites for hydroxylation is 1. The van der Waals surface area contributed by atoms with Crippen LogP contribution in [0.15, 0.2) is 6.07 Å². The van der Waals surface area contributed by atoms with E-state index >= 15 is 0 Å². The van der Waals surface area contributed by atoms with Crippen molar-refractivity contribution < 1.29 is 0 Å². The Morgan fingerprint density at radius 1 is 1.42 bits per heavy atom. The molecule has 1 aromatic heterocycles. The number of hydrogen-bond acceptors (Lipinski definition) is 2. The van der Waals surface area contributed by atoms with Crippen molar-refractivity contribution in [1.29, 1.82) is 0 Å². The molecule has 0 radical (unpaired) electrons. The van der Waals surface area contributed by atoms with Gasteiger partial charge in [-0.25, -0.2) is 0 Å². The summed E-state index contributed by atoms with van der Waals surface area (Å²) in [5.41, 5.74) is 0.842. The molecular formula is C8H6Cl2N2. The minimum absolute atomic E-state index is 0.339. The lowest BCUT2D eigenvalue weighted by Crippen LogP contribution is -1.91. The molecular weight excluding hydrogens is 195 g/mol. The summed E-state index contributed by atoms with van der Waals surface area (Å²) in [6.07, 6.45) is 6.41. The highest BCUT2D eigenvalue weighted by molar-refractivity contribution is 6.31. The van der Waals surface area contributed by atoms with Gasteiger partial charge in [0.2, 0.25) is 0 Å². The van der Waals surface area contributed by atoms with Crippen molar-refractivity contribution in [3.8, 4) is 12.3 Å². The third kappa shape index (κ3) is 2.37. The highest BCUT2D eigenvalue weighted by Gasteiger charge is 2.02. The molecule has 4 heteroatoms. The molecule has 0 aliphatic carbocycles. The maximum Gasteiger partial charge on any atom is 0.155 e. The highest BCUT2D eigenvalue weighted by atomic mass is 35.5. The van der Waals surface area contributed by atoms with Crippen LogP contribution < -0.4 is 0 Å². The molecule has 0 aliphatic rings. The Labute approximate surface area is 80.9 Å². The van der Waals surface area contributed by atoms with Crippen LogP contribution in [0.2, 0.25) is 10.3 Å². The average Bonchev–Trinajstić information content (AvgIpc) is 2.07. The van der Waals surface area contributed by atoms with Gasteiger partial charge in [0.05, 0.1) is 0 Å². The Hall–Kier alpha value is -0.780.